The molecule has 0 aromatic carbocycles. The second kappa shape index (κ2) is 6.88. The highest BCUT2D eigenvalue weighted by Gasteiger charge is 2.33. The molecule has 0 bridgehead atoms. The highest BCUT2D eigenvalue weighted by atomic mass is 15.2. The molecule has 0 spiro atoms. The van der Waals surface area contributed by atoms with Gasteiger partial charge in [-0.2, -0.15) is 0 Å². The van der Waals surface area contributed by atoms with Crippen LogP contribution in [0.3, 0.4) is 0 Å². The van der Waals surface area contributed by atoms with E-state index in [0.717, 1.165) is 12.0 Å². The molecule has 0 saturated heterocycles. The first-order chi connectivity index (χ1) is 8.29. The maximum Gasteiger partial charge on any atom is 0.0133 e. The number of hydrogen-bond donors (Lipinski definition) is 1. The summed E-state index contributed by atoms with van der Waals surface area (Å²) in [5.74, 6) is 0.855. The quantitative estimate of drug-likeness (QED) is 0.751. The summed E-state index contributed by atoms with van der Waals surface area (Å²) >= 11 is 0. The zero-order valence-electron chi connectivity index (χ0n) is 13.3. The third-order valence-corrected chi connectivity index (χ3v) is 3.95. The van der Waals surface area contributed by atoms with Crippen molar-refractivity contribution in [2.24, 2.45) is 5.92 Å². The average Bonchev–Trinajstić information content (AvgIpc) is 2.13. The van der Waals surface area contributed by atoms with Gasteiger partial charge in [0.15, 0.2) is 0 Å². The van der Waals surface area contributed by atoms with E-state index in [1.54, 1.807) is 0 Å². The Labute approximate surface area is 114 Å². The van der Waals surface area contributed by atoms with Crippen LogP contribution in [0.15, 0.2) is 0 Å². The van der Waals surface area contributed by atoms with E-state index in [1.165, 1.54) is 38.9 Å². The lowest BCUT2D eigenvalue weighted by atomic mass is 9.78. The third kappa shape index (κ3) is 5.68. The molecule has 1 fully saturated rings. The van der Waals surface area contributed by atoms with Crippen molar-refractivity contribution in [2.45, 2.75) is 51.6 Å². The molecule has 0 aliphatic heterocycles. The summed E-state index contributed by atoms with van der Waals surface area (Å²) in [6.07, 6.45) is 4.06. The molecular weight excluding hydrogens is 222 g/mol. The van der Waals surface area contributed by atoms with Gasteiger partial charge in [0.25, 0.3) is 0 Å². The van der Waals surface area contributed by atoms with Crippen LogP contribution >= 0.6 is 0 Å². The Morgan fingerprint density at radius 2 is 1.72 bits per heavy atom. The molecule has 18 heavy (non-hydrogen) atoms. The molecule has 1 rings (SSSR count). The first-order valence-corrected chi connectivity index (χ1v) is 7.39. The molecule has 3 heteroatoms. The number of nitrogens with zero attached hydrogens (tertiary/aromatic N) is 2. The minimum atomic E-state index is 0.254. The summed E-state index contributed by atoms with van der Waals surface area (Å²) < 4.78 is 0. The summed E-state index contributed by atoms with van der Waals surface area (Å²) in [5.41, 5.74) is 0.254. The third-order valence-electron chi connectivity index (χ3n) is 3.95. The molecule has 1 N–H and O–H groups in total. The molecule has 3 nitrogen and oxygen atoms in total. The van der Waals surface area contributed by atoms with Crippen molar-refractivity contribution in [1.29, 1.82) is 0 Å². The molecule has 2 unspecified atom stereocenters. The smallest absolute Gasteiger partial charge is 0.0133 e. The molecule has 108 valence electrons. The average molecular weight is 255 g/mol. The second-order valence-electron chi connectivity index (χ2n) is 7.17. The van der Waals surface area contributed by atoms with E-state index in [9.17, 15) is 0 Å². The molecular formula is C15H33N3. The second-order valence-corrected chi connectivity index (χ2v) is 7.17. The minimum Gasteiger partial charge on any atom is -0.312 e. The largest absolute Gasteiger partial charge is 0.312 e. The molecule has 1 aliphatic rings. The fourth-order valence-electron chi connectivity index (χ4n) is 2.61. The highest BCUT2D eigenvalue weighted by molar-refractivity contribution is 4.90. The fourth-order valence-corrected chi connectivity index (χ4v) is 2.61. The van der Waals surface area contributed by atoms with Gasteiger partial charge in [-0.1, -0.05) is 0 Å². The monoisotopic (exact) mass is 255 g/mol. The van der Waals surface area contributed by atoms with Crippen LogP contribution in [0.5, 0.6) is 0 Å². The molecule has 2 atom stereocenters. The van der Waals surface area contributed by atoms with Crippen LogP contribution in [0.25, 0.3) is 0 Å². The van der Waals surface area contributed by atoms with Crippen LogP contribution in [0.1, 0.15) is 40.0 Å². The van der Waals surface area contributed by atoms with Gasteiger partial charge in [0.2, 0.25) is 0 Å². The lowest BCUT2D eigenvalue weighted by Gasteiger charge is -2.44. The standard InChI is InChI=1S/C15H33N3/c1-15(2,3)16-12-13-8-9-14(13)18(6)11-7-10-17(4)5/h13-14,16H,7-12H2,1-6H3. The number of hydrogen-bond acceptors (Lipinski definition) is 3. The van der Waals surface area contributed by atoms with Crippen LogP contribution in [0, 0.1) is 5.92 Å². The van der Waals surface area contributed by atoms with Gasteiger partial charge in [0.1, 0.15) is 0 Å². The predicted octanol–water partition coefficient (Wildman–Crippen LogP) is 2.04. The Hall–Kier alpha value is -0.120. The Kier molecular flexibility index (Phi) is 6.09. The first-order valence-electron chi connectivity index (χ1n) is 7.39. The summed E-state index contributed by atoms with van der Waals surface area (Å²) in [4.78, 5) is 4.84. The molecule has 0 aromatic heterocycles. The Balaban J connectivity index is 2.21. The van der Waals surface area contributed by atoms with Crippen LogP contribution in [-0.4, -0.2) is 62.2 Å². The first kappa shape index (κ1) is 15.9. The summed E-state index contributed by atoms with van der Waals surface area (Å²) in [6.45, 7) is 10.4. The topological polar surface area (TPSA) is 18.5 Å². The van der Waals surface area contributed by atoms with E-state index in [-0.39, 0.29) is 5.54 Å². The zero-order valence-corrected chi connectivity index (χ0v) is 13.3. The van der Waals surface area contributed by atoms with E-state index in [0.29, 0.717) is 0 Å². The van der Waals surface area contributed by atoms with Crippen molar-refractivity contribution in [3.63, 3.8) is 0 Å². The van der Waals surface area contributed by atoms with Crippen LogP contribution in [-0.2, 0) is 0 Å². The SMILES string of the molecule is CN(C)CCCN(C)C1CCC1CNC(C)(C)C. The van der Waals surface area contributed by atoms with Crippen molar-refractivity contribution >= 4 is 0 Å². The van der Waals surface area contributed by atoms with Gasteiger partial charge in [-0.15, -0.1) is 0 Å². The van der Waals surface area contributed by atoms with Gasteiger partial charge >= 0.3 is 0 Å². The Morgan fingerprint density at radius 1 is 1.06 bits per heavy atom. The molecule has 0 heterocycles. The Bertz CT molecular complexity index is 232. The molecule has 0 amide bonds. The van der Waals surface area contributed by atoms with Gasteiger partial charge < -0.3 is 15.1 Å². The van der Waals surface area contributed by atoms with E-state index in [2.05, 4.69) is 57.0 Å². The molecule has 0 aromatic rings. The van der Waals surface area contributed by atoms with Crippen LogP contribution < -0.4 is 5.32 Å². The van der Waals surface area contributed by atoms with Crippen molar-refractivity contribution in [2.75, 3.05) is 40.8 Å². The van der Waals surface area contributed by atoms with Crippen molar-refractivity contribution in [3.8, 4) is 0 Å². The summed E-state index contributed by atoms with van der Waals surface area (Å²) in [6, 6.07) is 0.807. The molecule has 0 radical (unpaired) electrons. The van der Waals surface area contributed by atoms with Gasteiger partial charge in [0, 0.05) is 11.6 Å². The van der Waals surface area contributed by atoms with Crippen molar-refractivity contribution in [3.05, 3.63) is 0 Å². The predicted molar refractivity (Wildman–Crippen MR) is 80.1 cm³/mol. The lowest BCUT2D eigenvalue weighted by molar-refractivity contribution is 0.0769. The van der Waals surface area contributed by atoms with E-state index in [4.69, 9.17) is 0 Å². The minimum absolute atomic E-state index is 0.254. The van der Waals surface area contributed by atoms with E-state index >= 15 is 0 Å². The zero-order chi connectivity index (χ0) is 13.8. The van der Waals surface area contributed by atoms with Crippen LogP contribution in [0.2, 0.25) is 0 Å². The number of nitrogens with one attached hydrogen (secondary N) is 1. The molecule has 1 saturated carbocycles. The van der Waals surface area contributed by atoms with Crippen molar-refractivity contribution in [1.82, 2.24) is 15.1 Å². The maximum absolute atomic E-state index is 3.65. The van der Waals surface area contributed by atoms with Gasteiger partial charge in [-0.3, -0.25) is 0 Å². The van der Waals surface area contributed by atoms with Crippen LogP contribution in [0.4, 0.5) is 0 Å². The van der Waals surface area contributed by atoms with E-state index in [1.807, 2.05) is 0 Å². The summed E-state index contributed by atoms with van der Waals surface area (Å²) in [5, 5.41) is 3.65. The van der Waals surface area contributed by atoms with Crippen molar-refractivity contribution < 1.29 is 0 Å². The Morgan fingerprint density at radius 3 is 2.17 bits per heavy atom. The molecule has 1 aliphatic carbocycles. The van der Waals surface area contributed by atoms with E-state index < -0.39 is 0 Å². The summed E-state index contributed by atoms with van der Waals surface area (Å²) in [7, 11) is 6.60. The van der Waals surface area contributed by atoms with Gasteiger partial charge in [-0.05, 0) is 86.7 Å². The lowest BCUT2D eigenvalue weighted by Crippen LogP contribution is -2.51. The fraction of sp³-hybridized carbons (Fsp3) is 1.00. The number of rotatable bonds is 7. The highest BCUT2D eigenvalue weighted by Crippen LogP contribution is 2.31. The normalized spacial score (nSPS) is 24.7. The van der Waals surface area contributed by atoms with Gasteiger partial charge in [-0.25, -0.2) is 0 Å². The maximum atomic E-state index is 3.65. The van der Waals surface area contributed by atoms with Gasteiger partial charge in [0.05, 0.1) is 0 Å².